The van der Waals surface area contributed by atoms with E-state index in [4.69, 9.17) is 4.42 Å². The number of likely N-dealkylation sites (N-methyl/N-ethyl adjacent to an activating group) is 1. The van der Waals surface area contributed by atoms with E-state index < -0.39 is 0 Å². The molecule has 0 spiro atoms. The number of carbonyl (C=O) groups excluding carboxylic acids is 1. The van der Waals surface area contributed by atoms with E-state index in [1.165, 1.54) is 10.4 Å². The average molecular weight is 447 g/mol. The second-order valence-electron chi connectivity index (χ2n) is 7.65. The zero-order valence-corrected chi connectivity index (χ0v) is 18.8. The molecule has 3 aromatic heterocycles. The van der Waals surface area contributed by atoms with Crippen LogP contribution in [0.1, 0.15) is 40.9 Å². The lowest BCUT2D eigenvalue weighted by Crippen LogP contribution is -2.34. The quantitative estimate of drug-likeness (QED) is 0.491. The minimum Gasteiger partial charge on any atom is -0.468 e. The summed E-state index contributed by atoms with van der Waals surface area (Å²) in [5.74, 6) is 2.78. The zero-order chi connectivity index (χ0) is 21.1. The Bertz CT molecular complexity index is 1070. The van der Waals surface area contributed by atoms with Crippen LogP contribution in [0.2, 0.25) is 0 Å². The Morgan fingerprint density at radius 3 is 3.07 bits per heavy atom. The molecule has 1 atom stereocenters. The fraction of sp³-hybridized carbons (Fsp3) is 0.476. The molecule has 0 fully saturated rings. The summed E-state index contributed by atoms with van der Waals surface area (Å²) in [7, 11) is 3.92. The molecular formula is C21H26N4O3S2. The number of amides is 1. The first kappa shape index (κ1) is 21.1. The number of hydrogen-bond donors (Lipinski definition) is 2. The van der Waals surface area contributed by atoms with Gasteiger partial charge >= 0.3 is 0 Å². The molecule has 0 aromatic carbocycles. The molecule has 1 amide bonds. The van der Waals surface area contributed by atoms with Crippen molar-refractivity contribution in [3.63, 3.8) is 0 Å². The fourth-order valence-electron chi connectivity index (χ4n) is 3.77. The van der Waals surface area contributed by atoms with E-state index in [9.17, 15) is 9.59 Å². The summed E-state index contributed by atoms with van der Waals surface area (Å²) in [6.45, 7) is 0.499. The van der Waals surface area contributed by atoms with E-state index >= 15 is 0 Å². The van der Waals surface area contributed by atoms with Gasteiger partial charge < -0.3 is 14.7 Å². The molecule has 0 saturated heterocycles. The lowest BCUT2D eigenvalue weighted by Gasteiger charge is -2.22. The first-order valence-electron chi connectivity index (χ1n) is 10.1. The van der Waals surface area contributed by atoms with Crippen molar-refractivity contribution < 1.29 is 9.21 Å². The highest BCUT2D eigenvalue weighted by atomic mass is 32.2. The van der Waals surface area contributed by atoms with Crippen LogP contribution in [0.25, 0.3) is 10.2 Å². The summed E-state index contributed by atoms with van der Waals surface area (Å²) in [5, 5.41) is 3.77. The van der Waals surface area contributed by atoms with E-state index in [-0.39, 0.29) is 17.5 Å². The third kappa shape index (κ3) is 4.63. The Hall–Kier alpha value is -2.10. The Balaban J connectivity index is 1.25. The topological polar surface area (TPSA) is 91.2 Å². The minimum atomic E-state index is -0.0274. The first-order valence-corrected chi connectivity index (χ1v) is 12.1. The third-order valence-corrected chi connectivity index (χ3v) is 7.48. The van der Waals surface area contributed by atoms with Gasteiger partial charge in [-0.25, -0.2) is 4.98 Å². The van der Waals surface area contributed by atoms with Gasteiger partial charge in [0.1, 0.15) is 16.4 Å². The molecule has 2 N–H and O–H groups in total. The van der Waals surface area contributed by atoms with Crippen molar-refractivity contribution in [2.45, 2.75) is 37.5 Å². The summed E-state index contributed by atoms with van der Waals surface area (Å²) in [4.78, 5) is 36.5. The van der Waals surface area contributed by atoms with Gasteiger partial charge in [-0.15, -0.1) is 11.3 Å². The van der Waals surface area contributed by atoms with Gasteiger partial charge in [0.25, 0.3) is 5.56 Å². The number of H-pyrrole nitrogens is 1. The van der Waals surface area contributed by atoms with Gasteiger partial charge in [0, 0.05) is 23.6 Å². The molecular weight excluding hydrogens is 420 g/mol. The van der Waals surface area contributed by atoms with Crippen molar-refractivity contribution >= 4 is 39.2 Å². The lowest BCUT2D eigenvalue weighted by atomic mass is 10.2. The number of thioether (sulfide) groups is 1. The van der Waals surface area contributed by atoms with Gasteiger partial charge in [-0.1, -0.05) is 0 Å². The maximum Gasteiger partial charge on any atom is 0.259 e. The smallest absolute Gasteiger partial charge is 0.259 e. The Labute approximate surface area is 183 Å². The number of hydrogen-bond acceptors (Lipinski definition) is 7. The molecule has 0 radical (unpaired) electrons. The van der Waals surface area contributed by atoms with Crippen molar-refractivity contribution in [1.82, 2.24) is 20.2 Å². The van der Waals surface area contributed by atoms with E-state index in [0.29, 0.717) is 30.3 Å². The second kappa shape index (κ2) is 9.36. The van der Waals surface area contributed by atoms with Crippen LogP contribution >= 0.6 is 23.1 Å². The number of aryl methyl sites for hydroxylation is 2. The van der Waals surface area contributed by atoms with Crippen LogP contribution in [0.3, 0.4) is 0 Å². The zero-order valence-electron chi connectivity index (χ0n) is 17.2. The van der Waals surface area contributed by atoms with E-state index in [0.717, 1.165) is 35.2 Å². The number of furan rings is 1. The van der Waals surface area contributed by atoms with E-state index in [2.05, 4.69) is 15.3 Å². The largest absolute Gasteiger partial charge is 0.468 e. The molecule has 160 valence electrons. The third-order valence-electron chi connectivity index (χ3n) is 5.32. The first-order chi connectivity index (χ1) is 14.5. The molecule has 0 aliphatic heterocycles. The van der Waals surface area contributed by atoms with Gasteiger partial charge in [0.15, 0.2) is 0 Å². The molecule has 1 unspecified atom stereocenters. The van der Waals surface area contributed by atoms with Crippen LogP contribution in [0.4, 0.5) is 0 Å². The molecule has 30 heavy (non-hydrogen) atoms. The number of rotatable bonds is 9. The number of aromatic nitrogens is 2. The second-order valence-corrected chi connectivity index (χ2v) is 9.84. The predicted molar refractivity (Wildman–Crippen MR) is 121 cm³/mol. The number of carbonyl (C=O) groups is 1. The molecule has 1 aliphatic rings. The SMILES string of the molecule is CN(C)C(CNC(=O)CCSCc1nc2sc3c(c2c(=O)[nH]1)CCC3)c1ccco1. The van der Waals surface area contributed by atoms with Crippen molar-refractivity contribution in [2.24, 2.45) is 0 Å². The molecule has 0 bridgehead atoms. The maximum absolute atomic E-state index is 12.5. The molecule has 4 rings (SSSR count). The van der Waals surface area contributed by atoms with Gasteiger partial charge in [-0.05, 0) is 51.1 Å². The van der Waals surface area contributed by atoms with Crippen molar-refractivity contribution in [2.75, 3.05) is 26.4 Å². The summed E-state index contributed by atoms with van der Waals surface area (Å²) in [6.07, 6.45) is 5.24. The molecule has 7 nitrogen and oxygen atoms in total. The van der Waals surface area contributed by atoms with Crippen molar-refractivity contribution in [3.05, 3.63) is 50.8 Å². The molecule has 9 heteroatoms. The Morgan fingerprint density at radius 2 is 2.30 bits per heavy atom. The number of fused-ring (bicyclic) bond motifs is 3. The summed E-state index contributed by atoms with van der Waals surface area (Å²) >= 11 is 3.26. The van der Waals surface area contributed by atoms with Gasteiger partial charge in [0.05, 0.1) is 23.4 Å². The standard InChI is InChI=1S/C21H26N4O3S2/c1-25(2)14(15-6-4-9-28-15)11-22-18(26)8-10-29-12-17-23-20(27)19-13-5-3-7-16(13)30-21(19)24-17/h4,6,9,14H,3,5,7-8,10-12H2,1-2H3,(H,22,26)(H,23,24,27). The summed E-state index contributed by atoms with van der Waals surface area (Å²) in [5.41, 5.74) is 1.17. The number of thiophene rings is 1. The van der Waals surface area contributed by atoms with Crippen LogP contribution in [0.15, 0.2) is 27.6 Å². The highest BCUT2D eigenvalue weighted by Gasteiger charge is 2.21. The van der Waals surface area contributed by atoms with Crippen LogP contribution in [0.5, 0.6) is 0 Å². The van der Waals surface area contributed by atoms with Gasteiger partial charge in [-0.2, -0.15) is 11.8 Å². The normalized spacial score (nSPS) is 14.4. The van der Waals surface area contributed by atoms with E-state index in [1.54, 1.807) is 29.4 Å². The van der Waals surface area contributed by atoms with Crippen molar-refractivity contribution in [1.29, 1.82) is 0 Å². The van der Waals surface area contributed by atoms with E-state index in [1.807, 2.05) is 31.1 Å². The Morgan fingerprint density at radius 1 is 1.43 bits per heavy atom. The van der Waals surface area contributed by atoms with Crippen LogP contribution < -0.4 is 10.9 Å². The predicted octanol–water partition coefficient (Wildman–Crippen LogP) is 3.11. The highest BCUT2D eigenvalue weighted by molar-refractivity contribution is 7.98. The lowest BCUT2D eigenvalue weighted by molar-refractivity contribution is -0.120. The maximum atomic E-state index is 12.5. The molecule has 0 saturated carbocycles. The minimum absolute atomic E-state index is 0.00465. The van der Waals surface area contributed by atoms with Crippen LogP contribution in [-0.4, -0.2) is 47.2 Å². The number of aromatic amines is 1. The number of nitrogens with zero attached hydrogens (tertiary/aromatic N) is 2. The summed E-state index contributed by atoms with van der Waals surface area (Å²) in [6, 6.07) is 3.77. The van der Waals surface area contributed by atoms with Gasteiger partial charge in [0.2, 0.25) is 5.91 Å². The molecule has 3 aromatic rings. The molecule has 3 heterocycles. The highest BCUT2D eigenvalue weighted by Crippen LogP contribution is 2.34. The van der Waals surface area contributed by atoms with Crippen LogP contribution in [0, 0.1) is 0 Å². The average Bonchev–Trinajstić information content (AvgIpc) is 3.42. The van der Waals surface area contributed by atoms with Gasteiger partial charge in [-0.3, -0.25) is 14.5 Å². The summed E-state index contributed by atoms with van der Waals surface area (Å²) < 4.78 is 5.46. The van der Waals surface area contributed by atoms with Crippen LogP contribution in [-0.2, 0) is 23.4 Å². The number of nitrogens with one attached hydrogen (secondary N) is 2. The Kier molecular flexibility index (Phi) is 6.60. The van der Waals surface area contributed by atoms with Crippen molar-refractivity contribution in [3.8, 4) is 0 Å². The fourth-order valence-corrected chi connectivity index (χ4v) is 5.85. The molecule has 1 aliphatic carbocycles. The monoisotopic (exact) mass is 446 g/mol.